The van der Waals surface area contributed by atoms with Crippen LogP contribution >= 0.6 is 11.3 Å². The van der Waals surface area contributed by atoms with Gasteiger partial charge in [0.1, 0.15) is 0 Å². The molecule has 0 bridgehead atoms. The fourth-order valence-corrected chi connectivity index (χ4v) is 3.57. The molecule has 0 spiro atoms. The van der Waals surface area contributed by atoms with E-state index in [1.54, 1.807) is 4.52 Å². The first-order chi connectivity index (χ1) is 12.2. The lowest BCUT2D eigenvalue weighted by Crippen LogP contribution is -2.01. The van der Waals surface area contributed by atoms with E-state index >= 15 is 0 Å². The average molecular weight is 350 g/mol. The lowest BCUT2D eigenvalue weighted by molar-refractivity contribution is 0.282. The van der Waals surface area contributed by atoms with E-state index in [1.807, 2.05) is 42.6 Å². The van der Waals surface area contributed by atoms with E-state index in [9.17, 15) is 5.11 Å². The lowest BCUT2D eigenvalue weighted by atomic mass is 10.1. The number of nitrogens with zero attached hydrogens (tertiary/aromatic N) is 3. The second-order valence-electron chi connectivity index (χ2n) is 5.86. The number of hydrogen-bond acceptors (Lipinski definition) is 5. The molecule has 0 aliphatic heterocycles. The van der Waals surface area contributed by atoms with Crippen molar-refractivity contribution in [1.82, 2.24) is 14.6 Å². The maximum Gasteiger partial charge on any atom is 0.214 e. The number of benzene rings is 2. The van der Waals surface area contributed by atoms with Gasteiger partial charge in [-0.2, -0.15) is 0 Å². The van der Waals surface area contributed by atoms with E-state index in [1.165, 1.54) is 22.5 Å². The van der Waals surface area contributed by atoms with Crippen LogP contribution < -0.4 is 5.32 Å². The summed E-state index contributed by atoms with van der Waals surface area (Å²) in [4.78, 5) is 5.48. The average Bonchev–Trinajstić information content (AvgIpc) is 3.19. The normalized spacial score (nSPS) is 11.1. The molecule has 0 amide bonds. The third-order valence-corrected chi connectivity index (χ3v) is 5.08. The fraction of sp³-hybridized carbons (Fsp3) is 0.158. The van der Waals surface area contributed by atoms with Gasteiger partial charge < -0.3 is 10.4 Å². The zero-order valence-corrected chi connectivity index (χ0v) is 14.6. The zero-order valence-electron chi connectivity index (χ0n) is 13.8. The Kier molecular flexibility index (Phi) is 4.21. The summed E-state index contributed by atoms with van der Waals surface area (Å²) < 4.78 is 1.79. The highest BCUT2D eigenvalue weighted by atomic mass is 32.1. The molecule has 4 aromatic rings. The van der Waals surface area contributed by atoms with Crippen LogP contribution in [0.5, 0.6) is 0 Å². The molecular weight excluding hydrogens is 332 g/mol. The Morgan fingerprint density at radius 3 is 2.60 bits per heavy atom. The van der Waals surface area contributed by atoms with Gasteiger partial charge in [0.05, 0.1) is 18.5 Å². The molecule has 0 unspecified atom stereocenters. The van der Waals surface area contributed by atoms with Gasteiger partial charge in [0.2, 0.25) is 10.1 Å². The van der Waals surface area contributed by atoms with Crippen molar-refractivity contribution in [3.05, 3.63) is 71.4 Å². The van der Waals surface area contributed by atoms with Gasteiger partial charge >= 0.3 is 0 Å². The van der Waals surface area contributed by atoms with Crippen LogP contribution in [0.15, 0.2) is 54.7 Å². The van der Waals surface area contributed by atoms with Crippen LogP contribution in [0, 0.1) is 6.92 Å². The number of nitrogens with one attached hydrogen (secondary N) is 1. The van der Waals surface area contributed by atoms with Gasteiger partial charge in [-0.1, -0.05) is 59.9 Å². The van der Waals surface area contributed by atoms with Crippen molar-refractivity contribution in [3.63, 3.8) is 0 Å². The van der Waals surface area contributed by atoms with Crippen molar-refractivity contribution < 1.29 is 5.11 Å². The summed E-state index contributed by atoms with van der Waals surface area (Å²) >= 11 is 1.52. The SMILES string of the molecule is Cc1ccccc1CNc1nn2cc(-c3ccccc3CO)nc2s1. The van der Waals surface area contributed by atoms with E-state index in [0.29, 0.717) is 0 Å². The number of rotatable bonds is 5. The zero-order chi connectivity index (χ0) is 17.2. The summed E-state index contributed by atoms with van der Waals surface area (Å²) in [6.45, 7) is 2.85. The van der Waals surface area contributed by atoms with Crippen LogP contribution in [0.2, 0.25) is 0 Å². The molecule has 0 fully saturated rings. The lowest BCUT2D eigenvalue weighted by Gasteiger charge is -2.05. The van der Waals surface area contributed by atoms with E-state index in [4.69, 9.17) is 0 Å². The summed E-state index contributed by atoms with van der Waals surface area (Å²) in [6, 6.07) is 16.1. The van der Waals surface area contributed by atoms with Crippen molar-refractivity contribution in [3.8, 4) is 11.3 Å². The molecule has 4 rings (SSSR count). The summed E-state index contributed by atoms with van der Waals surface area (Å²) in [5.74, 6) is 0. The number of aliphatic hydroxyl groups is 1. The van der Waals surface area contributed by atoms with Crippen LogP contribution in [0.3, 0.4) is 0 Å². The van der Waals surface area contributed by atoms with Crippen molar-refractivity contribution >= 4 is 21.4 Å². The van der Waals surface area contributed by atoms with Crippen LogP contribution in [-0.4, -0.2) is 19.7 Å². The number of aliphatic hydroxyl groups excluding tert-OH is 1. The molecule has 2 heterocycles. The second-order valence-corrected chi connectivity index (χ2v) is 6.81. The number of fused-ring (bicyclic) bond motifs is 1. The third kappa shape index (κ3) is 3.14. The van der Waals surface area contributed by atoms with Gasteiger partial charge in [0, 0.05) is 12.1 Å². The minimum atomic E-state index is -0.00197. The number of imidazole rings is 1. The standard InChI is InChI=1S/C19H18N4OS/c1-13-6-2-3-7-14(13)10-20-18-22-23-11-17(21-19(23)25-18)16-9-5-4-8-15(16)12-24/h2-9,11,24H,10,12H2,1H3,(H,20,22). The molecule has 2 aromatic heterocycles. The first-order valence-corrected chi connectivity index (χ1v) is 8.90. The predicted molar refractivity (Wildman–Crippen MR) is 101 cm³/mol. The minimum Gasteiger partial charge on any atom is -0.392 e. The summed E-state index contributed by atoms with van der Waals surface area (Å²) in [5, 5.41) is 18.3. The van der Waals surface area contributed by atoms with E-state index < -0.39 is 0 Å². The quantitative estimate of drug-likeness (QED) is 0.573. The first kappa shape index (κ1) is 15.8. The molecule has 25 heavy (non-hydrogen) atoms. The van der Waals surface area contributed by atoms with E-state index in [-0.39, 0.29) is 6.61 Å². The van der Waals surface area contributed by atoms with Gasteiger partial charge in [0.25, 0.3) is 0 Å². The van der Waals surface area contributed by atoms with Gasteiger partial charge in [-0.3, -0.25) is 0 Å². The van der Waals surface area contributed by atoms with E-state index in [0.717, 1.165) is 33.5 Å². The van der Waals surface area contributed by atoms with Crippen LogP contribution in [0.4, 0.5) is 5.13 Å². The Morgan fingerprint density at radius 1 is 1.08 bits per heavy atom. The van der Waals surface area contributed by atoms with Crippen molar-refractivity contribution in [2.24, 2.45) is 0 Å². The first-order valence-electron chi connectivity index (χ1n) is 8.08. The van der Waals surface area contributed by atoms with Gasteiger partial charge in [-0.25, -0.2) is 9.50 Å². The van der Waals surface area contributed by atoms with Crippen LogP contribution in [0.25, 0.3) is 16.2 Å². The summed E-state index contributed by atoms with van der Waals surface area (Å²) in [6.07, 6.45) is 1.90. The van der Waals surface area contributed by atoms with Gasteiger partial charge in [-0.05, 0) is 23.6 Å². The minimum absolute atomic E-state index is 0.00197. The van der Waals surface area contributed by atoms with E-state index in [2.05, 4.69) is 34.5 Å². The molecule has 5 nitrogen and oxygen atoms in total. The van der Waals surface area contributed by atoms with Crippen LogP contribution in [-0.2, 0) is 13.2 Å². The molecule has 2 aromatic carbocycles. The maximum absolute atomic E-state index is 9.49. The van der Waals surface area contributed by atoms with Crippen LogP contribution in [0.1, 0.15) is 16.7 Å². The highest BCUT2D eigenvalue weighted by Gasteiger charge is 2.12. The Balaban J connectivity index is 1.56. The van der Waals surface area contributed by atoms with Crippen molar-refractivity contribution in [1.29, 1.82) is 0 Å². The monoisotopic (exact) mass is 350 g/mol. The number of aryl methyl sites for hydroxylation is 1. The molecular formula is C19H18N4OS. The predicted octanol–water partition coefficient (Wildman–Crippen LogP) is 3.87. The molecule has 2 N–H and O–H groups in total. The molecule has 0 aliphatic rings. The smallest absolute Gasteiger partial charge is 0.214 e. The van der Waals surface area contributed by atoms with Crippen molar-refractivity contribution in [2.45, 2.75) is 20.1 Å². The summed E-state index contributed by atoms with van der Waals surface area (Å²) in [5.41, 5.74) is 5.16. The number of hydrogen-bond donors (Lipinski definition) is 2. The Bertz CT molecular complexity index is 990. The molecule has 0 aliphatic carbocycles. The van der Waals surface area contributed by atoms with Crippen molar-refractivity contribution in [2.75, 3.05) is 5.32 Å². The summed E-state index contributed by atoms with van der Waals surface area (Å²) in [7, 11) is 0. The Hall–Kier alpha value is -2.70. The fourth-order valence-electron chi connectivity index (χ4n) is 2.79. The Morgan fingerprint density at radius 2 is 1.84 bits per heavy atom. The maximum atomic E-state index is 9.49. The molecule has 126 valence electrons. The number of aromatic nitrogens is 3. The number of anilines is 1. The Labute approximate surface area is 149 Å². The highest BCUT2D eigenvalue weighted by molar-refractivity contribution is 7.20. The topological polar surface area (TPSA) is 62.5 Å². The molecule has 0 atom stereocenters. The molecule has 0 saturated heterocycles. The highest BCUT2D eigenvalue weighted by Crippen LogP contribution is 2.27. The second kappa shape index (κ2) is 6.66. The molecule has 6 heteroatoms. The largest absolute Gasteiger partial charge is 0.392 e. The van der Waals surface area contributed by atoms with Gasteiger partial charge in [0.15, 0.2) is 0 Å². The molecule has 0 radical (unpaired) electrons. The molecule has 0 saturated carbocycles. The van der Waals surface area contributed by atoms with Gasteiger partial charge in [-0.15, -0.1) is 5.10 Å². The third-order valence-electron chi connectivity index (χ3n) is 4.20.